The van der Waals surface area contributed by atoms with Gasteiger partial charge in [0.15, 0.2) is 0 Å². The highest BCUT2D eigenvalue weighted by Crippen LogP contribution is 2.37. The van der Waals surface area contributed by atoms with Gasteiger partial charge in [0.25, 0.3) is 0 Å². The van der Waals surface area contributed by atoms with Crippen LogP contribution in [0.2, 0.25) is 5.15 Å². The summed E-state index contributed by atoms with van der Waals surface area (Å²) in [5.41, 5.74) is 3.66. The quantitative estimate of drug-likeness (QED) is 0.770. The lowest BCUT2D eigenvalue weighted by Crippen LogP contribution is -2.26. The monoisotopic (exact) mass is 287 g/mol. The molecule has 4 heteroatoms. The van der Waals surface area contributed by atoms with Crippen LogP contribution in [0.1, 0.15) is 37.3 Å². The average molecular weight is 288 g/mol. The van der Waals surface area contributed by atoms with Crippen molar-refractivity contribution in [2.45, 2.75) is 32.6 Å². The summed E-state index contributed by atoms with van der Waals surface area (Å²) < 4.78 is 0. The van der Waals surface area contributed by atoms with Gasteiger partial charge in [-0.2, -0.15) is 0 Å². The van der Waals surface area contributed by atoms with E-state index >= 15 is 0 Å². The molecule has 104 valence electrons. The molecule has 20 heavy (non-hydrogen) atoms. The molecule has 2 heterocycles. The van der Waals surface area contributed by atoms with Gasteiger partial charge in [0.2, 0.25) is 0 Å². The normalized spacial score (nSPS) is 14.5. The second-order valence-corrected chi connectivity index (χ2v) is 5.80. The van der Waals surface area contributed by atoms with E-state index < -0.39 is 0 Å². The van der Waals surface area contributed by atoms with Gasteiger partial charge in [-0.05, 0) is 30.4 Å². The zero-order chi connectivity index (χ0) is 14.1. The molecule has 0 amide bonds. The number of hydrogen-bond acceptors (Lipinski definition) is 3. The second-order valence-electron chi connectivity index (χ2n) is 5.44. The Balaban J connectivity index is 2.14. The van der Waals surface area contributed by atoms with Crippen molar-refractivity contribution in [2.24, 2.45) is 0 Å². The summed E-state index contributed by atoms with van der Waals surface area (Å²) in [4.78, 5) is 10.9. The standard InChI is InChI=1S/C16H18ClN3/c1-11(2)14-15(17)18-10-19-16(14)20-9-5-7-12-6-3-4-8-13(12)20/h3-4,6,8,10-11H,5,7,9H2,1-2H3. The Labute approximate surface area is 124 Å². The van der Waals surface area contributed by atoms with E-state index in [1.165, 1.54) is 11.3 Å². The van der Waals surface area contributed by atoms with Gasteiger partial charge in [0.1, 0.15) is 17.3 Å². The van der Waals surface area contributed by atoms with Crippen LogP contribution in [0.5, 0.6) is 0 Å². The molecule has 1 aromatic carbocycles. The smallest absolute Gasteiger partial charge is 0.141 e. The average Bonchev–Trinajstić information content (AvgIpc) is 2.46. The van der Waals surface area contributed by atoms with Crippen molar-refractivity contribution in [2.75, 3.05) is 11.4 Å². The minimum Gasteiger partial charge on any atom is -0.326 e. The Morgan fingerprint density at radius 1 is 1.20 bits per heavy atom. The first-order valence-electron chi connectivity index (χ1n) is 7.04. The lowest BCUT2D eigenvalue weighted by molar-refractivity contribution is 0.744. The number of para-hydroxylation sites is 1. The van der Waals surface area contributed by atoms with Crippen molar-refractivity contribution >= 4 is 23.1 Å². The third-order valence-electron chi connectivity index (χ3n) is 3.76. The zero-order valence-corrected chi connectivity index (χ0v) is 12.6. The summed E-state index contributed by atoms with van der Waals surface area (Å²) in [6.45, 7) is 5.23. The summed E-state index contributed by atoms with van der Waals surface area (Å²) in [5, 5.41) is 0.563. The van der Waals surface area contributed by atoms with Gasteiger partial charge in [-0.25, -0.2) is 9.97 Å². The molecule has 0 atom stereocenters. The molecule has 1 aliphatic rings. The molecule has 1 aliphatic heterocycles. The number of fused-ring (bicyclic) bond motifs is 1. The summed E-state index contributed by atoms with van der Waals surface area (Å²) in [5.74, 6) is 1.25. The topological polar surface area (TPSA) is 29.0 Å². The number of hydrogen-bond donors (Lipinski definition) is 0. The predicted molar refractivity (Wildman–Crippen MR) is 82.9 cm³/mol. The molecule has 0 fully saturated rings. The fraction of sp³-hybridized carbons (Fsp3) is 0.375. The van der Waals surface area contributed by atoms with Crippen LogP contribution in [0.25, 0.3) is 0 Å². The Hall–Kier alpha value is -1.61. The Kier molecular flexibility index (Phi) is 3.62. The molecule has 0 saturated heterocycles. The van der Waals surface area contributed by atoms with E-state index in [9.17, 15) is 0 Å². The number of rotatable bonds is 2. The zero-order valence-electron chi connectivity index (χ0n) is 11.8. The maximum absolute atomic E-state index is 6.29. The number of aryl methyl sites for hydroxylation is 1. The molecule has 0 aliphatic carbocycles. The predicted octanol–water partition coefficient (Wildman–Crippen LogP) is 4.34. The van der Waals surface area contributed by atoms with Gasteiger partial charge in [-0.3, -0.25) is 0 Å². The molecule has 0 N–H and O–H groups in total. The minimum absolute atomic E-state index is 0.299. The summed E-state index contributed by atoms with van der Waals surface area (Å²) >= 11 is 6.29. The van der Waals surface area contributed by atoms with Gasteiger partial charge in [-0.15, -0.1) is 0 Å². The molecule has 0 unspecified atom stereocenters. The maximum Gasteiger partial charge on any atom is 0.141 e. The number of nitrogens with zero attached hydrogens (tertiary/aromatic N) is 3. The van der Waals surface area contributed by atoms with Gasteiger partial charge in [0.05, 0.1) is 0 Å². The second kappa shape index (κ2) is 5.41. The lowest BCUT2D eigenvalue weighted by atomic mass is 9.99. The molecule has 1 aromatic heterocycles. The molecule has 0 radical (unpaired) electrons. The molecule has 2 aromatic rings. The van der Waals surface area contributed by atoms with E-state index in [4.69, 9.17) is 11.6 Å². The highest BCUT2D eigenvalue weighted by Gasteiger charge is 2.23. The summed E-state index contributed by atoms with van der Waals surface area (Å²) in [7, 11) is 0. The highest BCUT2D eigenvalue weighted by atomic mass is 35.5. The molecule has 3 rings (SSSR count). The molecule has 0 saturated carbocycles. The Morgan fingerprint density at radius 3 is 2.80 bits per heavy atom. The maximum atomic E-state index is 6.29. The molecule has 0 bridgehead atoms. The van der Waals surface area contributed by atoms with E-state index in [2.05, 4.69) is 53.0 Å². The largest absolute Gasteiger partial charge is 0.326 e. The van der Waals surface area contributed by atoms with Crippen molar-refractivity contribution in [3.8, 4) is 0 Å². The number of halogens is 1. The van der Waals surface area contributed by atoms with Crippen molar-refractivity contribution in [1.82, 2.24) is 9.97 Å². The van der Waals surface area contributed by atoms with Gasteiger partial charge in [-0.1, -0.05) is 43.6 Å². The first-order chi connectivity index (χ1) is 9.68. The van der Waals surface area contributed by atoms with Crippen LogP contribution < -0.4 is 4.90 Å². The van der Waals surface area contributed by atoms with Crippen LogP contribution in [-0.2, 0) is 6.42 Å². The van der Waals surface area contributed by atoms with Crippen LogP contribution in [0.15, 0.2) is 30.6 Å². The van der Waals surface area contributed by atoms with Gasteiger partial charge in [0, 0.05) is 17.8 Å². The lowest BCUT2D eigenvalue weighted by Gasteiger charge is -2.32. The van der Waals surface area contributed by atoms with Gasteiger partial charge >= 0.3 is 0 Å². The number of aromatic nitrogens is 2. The van der Waals surface area contributed by atoms with Crippen LogP contribution in [0, 0.1) is 0 Å². The van der Waals surface area contributed by atoms with E-state index in [1.54, 1.807) is 6.33 Å². The van der Waals surface area contributed by atoms with Crippen LogP contribution in [0.4, 0.5) is 11.5 Å². The molecule has 3 nitrogen and oxygen atoms in total. The van der Waals surface area contributed by atoms with E-state index in [-0.39, 0.29) is 0 Å². The number of anilines is 2. The SMILES string of the molecule is CC(C)c1c(Cl)ncnc1N1CCCc2ccccc21. The first kappa shape index (κ1) is 13.4. The fourth-order valence-corrected chi connectivity index (χ4v) is 3.18. The summed E-state index contributed by atoms with van der Waals surface area (Å²) in [6, 6.07) is 8.53. The van der Waals surface area contributed by atoms with E-state index in [1.807, 2.05) is 0 Å². The first-order valence-corrected chi connectivity index (χ1v) is 7.42. The minimum atomic E-state index is 0.299. The molecular weight excluding hydrogens is 270 g/mol. The highest BCUT2D eigenvalue weighted by molar-refractivity contribution is 6.30. The third kappa shape index (κ3) is 2.27. The van der Waals surface area contributed by atoms with Crippen LogP contribution >= 0.6 is 11.6 Å². The fourth-order valence-electron chi connectivity index (χ4n) is 2.83. The third-order valence-corrected chi connectivity index (χ3v) is 4.06. The van der Waals surface area contributed by atoms with Crippen LogP contribution in [0.3, 0.4) is 0 Å². The Morgan fingerprint density at radius 2 is 2.00 bits per heavy atom. The van der Waals surface area contributed by atoms with Crippen molar-refractivity contribution in [3.05, 3.63) is 46.9 Å². The summed E-state index contributed by atoms with van der Waals surface area (Å²) in [6.07, 6.45) is 3.82. The molecule has 0 spiro atoms. The van der Waals surface area contributed by atoms with Crippen molar-refractivity contribution in [1.29, 1.82) is 0 Å². The van der Waals surface area contributed by atoms with E-state index in [0.29, 0.717) is 11.1 Å². The van der Waals surface area contributed by atoms with Crippen LogP contribution in [-0.4, -0.2) is 16.5 Å². The van der Waals surface area contributed by atoms with E-state index in [0.717, 1.165) is 30.8 Å². The molecular formula is C16H18ClN3. The van der Waals surface area contributed by atoms with Crippen molar-refractivity contribution in [3.63, 3.8) is 0 Å². The van der Waals surface area contributed by atoms with Gasteiger partial charge < -0.3 is 4.90 Å². The van der Waals surface area contributed by atoms with Crippen molar-refractivity contribution < 1.29 is 0 Å². The Bertz CT molecular complexity index is 625. The number of benzene rings is 1.